The molecule has 9 heteroatoms. The topological polar surface area (TPSA) is 87.6 Å². The van der Waals surface area contributed by atoms with E-state index >= 15 is 0 Å². The minimum Gasteiger partial charge on any atom is -0.550 e. The molecular weight excluding hydrogens is 532 g/mol. The van der Waals surface area contributed by atoms with Crippen LogP contribution in [0.3, 0.4) is 0 Å². The molecule has 0 N–H and O–H groups in total. The molecule has 1 aromatic carbocycles. The van der Waals surface area contributed by atoms with Gasteiger partial charge >= 0.3 is 29.6 Å². The van der Waals surface area contributed by atoms with Gasteiger partial charge in [0.05, 0.1) is 19.0 Å². The number of nitrogens with zero attached hydrogens (tertiary/aromatic N) is 3. The molecule has 1 aliphatic carbocycles. The molecule has 3 aromatic rings. The summed E-state index contributed by atoms with van der Waals surface area (Å²) < 4.78 is 26.5. The largest absolute Gasteiger partial charge is 1.00 e. The van der Waals surface area contributed by atoms with E-state index in [0.717, 1.165) is 54.1 Å². The maximum atomic E-state index is 14.8. The van der Waals surface area contributed by atoms with Gasteiger partial charge in [-0.2, -0.15) is 0 Å². The third-order valence-electron chi connectivity index (χ3n) is 7.33. The number of hydrogen-bond donors (Lipinski definition) is 0. The van der Waals surface area contributed by atoms with Crippen molar-refractivity contribution in [2.75, 3.05) is 20.2 Å². The summed E-state index contributed by atoms with van der Waals surface area (Å²) in [6.07, 6.45) is 9.08. The number of methoxy groups -OCH3 is 1. The summed E-state index contributed by atoms with van der Waals surface area (Å²) in [6.45, 7) is 8.19. The van der Waals surface area contributed by atoms with Crippen LogP contribution in [0.2, 0.25) is 0 Å². The van der Waals surface area contributed by atoms with Crippen molar-refractivity contribution in [3.05, 3.63) is 70.9 Å². The number of aliphatic carboxylic acids is 1. The van der Waals surface area contributed by atoms with Crippen LogP contribution in [-0.4, -0.2) is 41.0 Å². The molecule has 2 atom stereocenters. The van der Waals surface area contributed by atoms with Gasteiger partial charge in [0.1, 0.15) is 17.7 Å². The zero-order chi connectivity index (χ0) is 28.6. The summed E-state index contributed by atoms with van der Waals surface area (Å²) in [5.41, 5.74) is 4.81. The van der Waals surface area contributed by atoms with Crippen LogP contribution in [0.4, 0.5) is 4.39 Å². The number of hydrogen-bond acceptors (Lipinski definition) is 7. The van der Waals surface area contributed by atoms with Crippen LogP contribution in [0, 0.1) is 11.7 Å². The molecule has 41 heavy (non-hydrogen) atoms. The van der Waals surface area contributed by atoms with Crippen LogP contribution in [0.25, 0.3) is 11.1 Å². The van der Waals surface area contributed by atoms with Crippen molar-refractivity contribution in [2.24, 2.45) is 5.92 Å². The summed E-state index contributed by atoms with van der Waals surface area (Å²) in [5.74, 6) is -0.991. The summed E-state index contributed by atoms with van der Waals surface area (Å²) in [5, 5.41) is 11.2. The molecule has 2 unspecified atom stereocenters. The number of pyridine rings is 2. The van der Waals surface area contributed by atoms with Crippen LogP contribution < -0.4 is 44.1 Å². The Morgan fingerprint density at radius 3 is 2.49 bits per heavy atom. The average molecular weight is 572 g/mol. The molecule has 1 aliphatic heterocycles. The number of rotatable bonds is 10. The average Bonchev–Trinajstić information content (AvgIpc) is 3.86. The second-order valence-electron chi connectivity index (χ2n) is 10.5. The van der Waals surface area contributed by atoms with Gasteiger partial charge in [-0.1, -0.05) is 52.2 Å². The quantitative estimate of drug-likeness (QED) is 0.345. The third kappa shape index (κ3) is 8.98. The molecular formula is C32H39FN3NaO4. The van der Waals surface area contributed by atoms with Gasteiger partial charge in [-0.3, -0.25) is 9.88 Å². The van der Waals surface area contributed by atoms with E-state index in [1.807, 2.05) is 24.3 Å². The zero-order valence-electron chi connectivity index (χ0n) is 24.9. The number of carbonyl (C=O) groups excluding carboxylic acids is 1. The number of carboxylic acid groups (broad SMARTS) is 1. The minimum atomic E-state index is -1.07. The maximum absolute atomic E-state index is 14.8. The van der Waals surface area contributed by atoms with Crippen molar-refractivity contribution in [1.82, 2.24) is 14.9 Å². The van der Waals surface area contributed by atoms with E-state index in [0.29, 0.717) is 30.0 Å². The molecule has 3 heterocycles. The SMILES string of the molecule is C1CC1.CCN(CC)Cc1cc(C2CCc3ccc(CC(C)C(=O)[O-])cc3O2)ncc1-c1cc(OC)ncc1F.[Na+]. The van der Waals surface area contributed by atoms with Crippen molar-refractivity contribution in [1.29, 1.82) is 0 Å². The van der Waals surface area contributed by atoms with Gasteiger partial charge < -0.3 is 19.4 Å². The second-order valence-corrected chi connectivity index (χ2v) is 10.5. The van der Waals surface area contributed by atoms with Gasteiger partial charge in [0, 0.05) is 35.9 Å². The van der Waals surface area contributed by atoms with Gasteiger partial charge in [-0.15, -0.1) is 0 Å². The van der Waals surface area contributed by atoms with Crippen LogP contribution >= 0.6 is 0 Å². The predicted molar refractivity (Wildman–Crippen MR) is 150 cm³/mol. The Bertz CT molecular complexity index is 1310. The number of benzene rings is 1. The van der Waals surface area contributed by atoms with E-state index in [-0.39, 0.29) is 35.7 Å². The molecule has 0 radical (unpaired) electrons. The van der Waals surface area contributed by atoms with E-state index in [4.69, 9.17) is 14.5 Å². The van der Waals surface area contributed by atoms with Gasteiger partial charge in [0.25, 0.3) is 0 Å². The molecule has 0 bridgehead atoms. The first-order chi connectivity index (χ1) is 19.3. The Balaban J connectivity index is 0.00000108. The number of ether oxygens (including phenoxy) is 2. The van der Waals surface area contributed by atoms with Crippen molar-refractivity contribution in [3.63, 3.8) is 0 Å². The van der Waals surface area contributed by atoms with Crippen molar-refractivity contribution in [2.45, 2.75) is 71.9 Å². The minimum absolute atomic E-state index is 0. The number of fused-ring (bicyclic) bond motifs is 1. The molecule has 0 spiro atoms. The normalized spacial score (nSPS) is 15.9. The van der Waals surface area contributed by atoms with Crippen LogP contribution in [-0.2, 0) is 24.2 Å². The second kappa shape index (κ2) is 15.6. The van der Waals surface area contributed by atoms with Gasteiger partial charge in [-0.25, -0.2) is 9.37 Å². The number of halogens is 1. The van der Waals surface area contributed by atoms with E-state index in [1.165, 1.54) is 32.6 Å². The molecule has 2 aromatic heterocycles. The Morgan fingerprint density at radius 1 is 1.12 bits per heavy atom. The summed E-state index contributed by atoms with van der Waals surface area (Å²) in [6, 6.07) is 9.49. The Kier molecular flexibility index (Phi) is 12.6. The first kappa shape index (κ1) is 33.0. The zero-order valence-corrected chi connectivity index (χ0v) is 26.9. The molecule has 7 nitrogen and oxygen atoms in total. The van der Waals surface area contributed by atoms with Gasteiger partial charge in [0.2, 0.25) is 5.88 Å². The Morgan fingerprint density at radius 2 is 1.85 bits per heavy atom. The predicted octanol–water partition coefficient (Wildman–Crippen LogP) is 2.30. The van der Waals surface area contributed by atoms with Crippen LogP contribution in [0.5, 0.6) is 11.6 Å². The summed E-state index contributed by atoms with van der Waals surface area (Å²) >= 11 is 0. The van der Waals surface area contributed by atoms with E-state index in [9.17, 15) is 14.3 Å². The first-order valence-electron chi connectivity index (χ1n) is 14.2. The number of carboxylic acids is 1. The molecule has 214 valence electrons. The van der Waals surface area contributed by atoms with Gasteiger partial charge in [0.15, 0.2) is 0 Å². The smallest absolute Gasteiger partial charge is 0.550 e. The fourth-order valence-corrected chi connectivity index (χ4v) is 4.68. The fourth-order valence-electron chi connectivity index (χ4n) is 4.68. The first-order valence-corrected chi connectivity index (χ1v) is 14.2. The molecule has 0 amide bonds. The molecule has 1 fully saturated rings. The van der Waals surface area contributed by atoms with Crippen LogP contribution in [0.15, 0.2) is 42.7 Å². The number of carbonyl (C=O) groups is 1. The van der Waals surface area contributed by atoms with E-state index in [2.05, 4.69) is 23.7 Å². The monoisotopic (exact) mass is 571 g/mol. The van der Waals surface area contributed by atoms with Crippen molar-refractivity contribution in [3.8, 4) is 22.8 Å². The molecule has 0 saturated heterocycles. The molecule has 2 aliphatic rings. The molecule has 1 saturated carbocycles. The number of aromatic nitrogens is 2. The van der Waals surface area contributed by atoms with Crippen LogP contribution in [0.1, 0.15) is 74.9 Å². The maximum Gasteiger partial charge on any atom is 1.00 e. The molecule has 5 rings (SSSR count). The fraction of sp³-hybridized carbons (Fsp3) is 0.469. The summed E-state index contributed by atoms with van der Waals surface area (Å²) in [4.78, 5) is 22.1. The Hall–Kier alpha value is -2.52. The van der Waals surface area contributed by atoms with Crippen molar-refractivity contribution < 1.29 is 53.3 Å². The number of aryl methyl sites for hydroxylation is 1. The standard InChI is InChI=1S/C29H34FN3O4.C3H6.Na/c1-5-33(6-2)17-21-13-25(31-15-23(21)22-14-28(36-4)32-16-24(22)30)26-10-9-20-8-7-19(12-27(20)37-26)11-18(3)29(34)35;1-2-3-1;/h7-8,12-16,18,26H,5-6,9-11,17H2,1-4H3,(H,34,35);1-3H2;/q;;+1/p-1. The van der Waals surface area contributed by atoms with E-state index < -0.39 is 17.7 Å². The van der Waals surface area contributed by atoms with Crippen molar-refractivity contribution >= 4 is 5.97 Å². The van der Waals surface area contributed by atoms with E-state index in [1.54, 1.807) is 19.2 Å². The third-order valence-corrected chi connectivity index (χ3v) is 7.33. The Labute approximate surface area is 264 Å². The summed E-state index contributed by atoms with van der Waals surface area (Å²) in [7, 11) is 1.51. The van der Waals surface area contributed by atoms with Gasteiger partial charge in [-0.05, 0) is 67.1 Å².